The summed E-state index contributed by atoms with van der Waals surface area (Å²) in [7, 11) is 0. The maximum atomic E-state index is 12.9. The van der Waals surface area contributed by atoms with E-state index in [1.807, 2.05) is 0 Å². The molecule has 0 spiro atoms. The molecule has 458 valence electrons. The molecule has 1 atom stereocenters. The van der Waals surface area contributed by atoms with Gasteiger partial charge in [0.05, 0.1) is 0 Å². The fraction of sp³-hybridized carbons (Fsp3) is 0.795. The first-order chi connectivity index (χ1) is 39.0. The van der Waals surface area contributed by atoms with Crippen molar-refractivity contribution < 1.29 is 28.6 Å². The van der Waals surface area contributed by atoms with Gasteiger partial charge < -0.3 is 14.2 Å². The number of carbonyl (C=O) groups is 3. The molecular weight excluding hydrogens is 973 g/mol. The van der Waals surface area contributed by atoms with E-state index in [1.54, 1.807) is 0 Å². The number of rotatable bonds is 63. The third-order valence-electron chi connectivity index (χ3n) is 15.2. The largest absolute Gasteiger partial charge is 0.462 e. The molecule has 79 heavy (non-hydrogen) atoms. The summed E-state index contributed by atoms with van der Waals surface area (Å²) < 4.78 is 16.9. The van der Waals surface area contributed by atoms with Gasteiger partial charge in [-0.25, -0.2) is 0 Å². The normalized spacial score (nSPS) is 12.5. The first-order valence-electron chi connectivity index (χ1n) is 34.4. The molecule has 0 aliphatic heterocycles. The molecular formula is C73H130O6. The first-order valence-corrected chi connectivity index (χ1v) is 34.4. The van der Waals surface area contributed by atoms with E-state index in [0.29, 0.717) is 19.3 Å². The molecule has 0 saturated heterocycles. The van der Waals surface area contributed by atoms with Crippen molar-refractivity contribution in [1.29, 1.82) is 0 Å². The van der Waals surface area contributed by atoms with Gasteiger partial charge in [-0.2, -0.15) is 0 Å². The number of unbranched alkanes of at least 4 members (excludes halogenated alkanes) is 40. The van der Waals surface area contributed by atoms with E-state index in [1.165, 1.54) is 205 Å². The Morgan fingerprint density at radius 2 is 0.506 bits per heavy atom. The van der Waals surface area contributed by atoms with Crippen molar-refractivity contribution >= 4 is 17.9 Å². The quantitative estimate of drug-likeness (QED) is 0.0261. The van der Waals surface area contributed by atoms with E-state index in [0.717, 1.165) is 109 Å². The van der Waals surface area contributed by atoms with Crippen LogP contribution in [0.15, 0.2) is 72.9 Å². The highest BCUT2D eigenvalue weighted by atomic mass is 16.6. The Kier molecular flexibility index (Phi) is 64.7. The van der Waals surface area contributed by atoms with E-state index in [4.69, 9.17) is 14.2 Å². The summed E-state index contributed by atoms with van der Waals surface area (Å²) in [4.78, 5) is 38.2. The lowest BCUT2D eigenvalue weighted by atomic mass is 10.0. The van der Waals surface area contributed by atoms with E-state index in [9.17, 15) is 14.4 Å². The highest BCUT2D eigenvalue weighted by Gasteiger charge is 2.19. The average Bonchev–Trinajstić information content (AvgIpc) is 3.45. The highest BCUT2D eigenvalue weighted by molar-refractivity contribution is 5.71. The second-order valence-electron chi connectivity index (χ2n) is 23.1. The molecule has 0 bridgehead atoms. The Morgan fingerprint density at radius 1 is 0.266 bits per heavy atom. The lowest BCUT2D eigenvalue weighted by Gasteiger charge is -2.18. The number of allylic oxidation sites excluding steroid dienone is 12. The van der Waals surface area contributed by atoms with Gasteiger partial charge in [0, 0.05) is 19.3 Å². The summed E-state index contributed by atoms with van der Waals surface area (Å²) in [6, 6.07) is 0. The van der Waals surface area contributed by atoms with Gasteiger partial charge in [0.1, 0.15) is 13.2 Å². The molecule has 0 amide bonds. The van der Waals surface area contributed by atoms with E-state index in [2.05, 4.69) is 93.7 Å². The van der Waals surface area contributed by atoms with Crippen molar-refractivity contribution in [3.8, 4) is 0 Å². The third kappa shape index (κ3) is 65.5. The minimum atomic E-state index is -0.778. The van der Waals surface area contributed by atoms with Gasteiger partial charge in [-0.3, -0.25) is 14.4 Å². The number of esters is 3. The lowest BCUT2D eigenvalue weighted by Crippen LogP contribution is -2.30. The van der Waals surface area contributed by atoms with Gasteiger partial charge in [-0.1, -0.05) is 325 Å². The van der Waals surface area contributed by atoms with Crippen molar-refractivity contribution in [2.45, 2.75) is 361 Å². The predicted molar refractivity (Wildman–Crippen MR) is 344 cm³/mol. The molecule has 6 heteroatoms. The van der Waals surface area contributed by atoms with Gasteiger partial charge in [-0.15, -0.1) is 0 Å². The molecule has 1 unspecified atom stereocenters. The van der Waals surface area contributed by atoms with Crippen LogP contribution >= 0.6 is 0 Å². The molecule has 0 aliphatic rings. The molecule has 0 aromatic rings. The summed E-state index contributed by atoms with van der Waals surface area (Å²) in [5, 5.41) is 0. The highest BCUT2D eigenvalue weighted by Crippen LogP contribution is 2.18. The van der Waals surface area contributed by atoms with Gasteiger partial charge in [0.25, 0.3) is 0 Å². The number of carbonyl (C=O) groups excluding carboxylic acids is 3. The van der Waals surface area contributed by atoms with Crippen LogP contribution in [-0.4, -0.2) is 37.2 Å². The Hall–Kier alpha value is -3.15. The molecule has 0 rings (SSSR count). The molecule has 0 N–H and O–H groups in total. The van der Waals surface area contributed by atoms with Gasteiger partial charge in [0.2, 0.25) is 0 Å². The van der Waals surface area contributed by atoms with Crippen LogP contribution in [0.5, 0.6) is 0 Å². The monoisotopic (exact) mass is 1100 g/mol. The summed E-state index contributed by atoms with van der Waals surface area (Å²) in [5.41, 5.74) is 0. The Balaban J connectivity index is 4.05. The average molecular weight is 1100 g/mol. The van der Waals surface area contributed by atoms with Gasteiger partial charge in [-0.05, 0) is 83.5 Å². The van der Waals surface area contributed by atoms with Gasteiger partial charge in [0.15, 0.2) is 6.10 Å². The fourth-order valence-electron chi connectivity index (χ4n) is 10.0. The molecule has 0 fully saturated rings. The fourth-order valence-corrected chi connectivity index (χ4v) is 10.0. The first kappa shape index (κ1) is 75.8. The van der Waals surface area contributed by atoms with Crippen LogP contribution in [0, 0.1) is 0 Å². The zero-order valence-corrected chi connectivity index (χ0v) is 52.6. The minimum Gasteiger partial charge on any atom is -0.462 e. The summed E-state index contributed by atoms with van der Waals surface area (Å²) in [6.07, 6.45) is 88.0. The molecule has 0 radical (unpaired) electrons. The van der Waals surface area contributed by atoms with E-state index >= 15 is 0 Å². The zero-order valence-electron chi connectivity index (χ0n) is 52.6. The van der Waals surface area contributed by atoms with Crippen molar-refractivity contribution in [2.75, 3.05) is 13.2 Å². The SMILES string of the molecule is CC/C=C\C/C=C\C/C=C\C/C=C\CCCCCCCCCCCCCCCCCCCCCCCCC(=O)OCC(COC(=O)CCCCCCCCCCCCCC)OC(=O)CCCCCCC/C=C\C/C=C\CCCC. The number of hydrogen-bond acceptors (Lipinski definition) is 6. The molecule has 0 aromatic heterocycles. The minimum absolute atomic E-state index is 0.0749. The lowest BCUT2D eigenvalue weighted by molar-refractivity contribution is -0.167. The molecule has 0 aliphatic carbocycles. The summed E-state index contributed by atoms with van der Waals surface area (Å²) in [6.45, 7) is 6.51. The Bertz CT molecular complexity index is 1450. The third-order valence-corrected chi connectivity index (χ3v) is 15.2. The van der Waals surface area contributed by atoms with Crippen molar-refractivity contribution in [3.63, 3.8) is 0 Å². The molecule has 0 aromatic carbocycles. The van der Waals surface area contributed by atoms with E-state index in [-0.39, 0.29) is 31.1 Å². The smallest absolute Gasteiger partial charge is 0.306 e. The van der Waals surface area contributed by atoms with Crippen molar-refractivity contribution in [1.82, 2.24) is 0 Å². The van der Waals surface area contributed by atoms with Crippen LogP contribution in [0.1, 0.15) is 355 Å². The number of hydrogen-bond donors (Lipinski definition) is 0. The van der Waals surface area contributed by atoms with Crippen LogP contribution < -0.4 is 0 Å². The van der Waals surface area contributed by atoms with Crippen LogP contribution in [0.2, 0.25) is 0 Å². The zero-order chi connectivity index (χ0) is 57.1. The van der Waals surface area contributed by atoms with E-state index < -0.39 is 6.10 Å². The van der Waals surface area contributed by atoms with Crippen LogP contribution in [0.3, 0.4) is 0 Å². The summed E-state index contributed by atoms with van der Waals surface area (Å²) >= 11 is 0. The molecule has 0 saturated carbocycles. The summed E-state index contributed by atoms with van der Waals surface area (Å²) in [5.74, 6) is -0.869. The van der Waals surface area contributed by atoms with Crippen LogP contribution in [-0.2, 0) is 28.6 Å². The standard InChI is InChI=1S/C73H130O6/c1-4-7-10-13-16-19-22-25-27-28-29-30-31-32-33-34-35-36-37-38-39-40-41-42-43-44-45-46-47-49-51-54-57-60-63-66-72(75)78-69-70(68-77-71(74)65-62-59-56-53-50-24-21-18-15-12-9-6-3)79-73(76)67-64-61-58-55-52-48-26-23-20-17-14-11-8-5-2/h7,10,14,16-17,19,23,25-27,29-30,70H,4-6,8-9,11-13,15,18,20-22,24,28,31-69H2,1-3H3/b10-7-,17-14-,19-16-,26-23-,27-25-,30-29-. The molecule has 0 heterocycles. The maximum absolute atomic E-state index is 12.9. The predicted octanol–water partition coefficient (Wildman–Crippen LogP) is 23.7. The van der Waals surface area contributed by atoms with Crippen LogP contribution in [0.4, 0.5) is 0 Å². The Morgan fingerprint density at radius 3 is 0.810 bits per heavy atom. The van der Waals surface area contributed by atoms with Crippen molar-refractivity contribution in [2.24, 2.45) is 0 Å². The van der Waals surface area contributed by atoms with Gasteiger partial charge >= 0.3 is 17.9 Å². The topological polar surface area (TPSA) is 78.9 Å². The maximum Gasteiger partial charge on any atom is 0.306 e. The molecule has 6 nitrogen and oxygen atoms in total. The van der Waals surface area contributed by atoms with Crippen LogP contribution in [0.25, 0.3) is 0 Å². The van der Waals surface area contributed by atoms with Crippen molar-refractivity contribution in [3.05, 3.63) is 72.9 Å². The number of ether oxygens (including phenoxy) is 3. The second-order valence-corrected chi connectivity index (χ2v) is 23.1. The second kappa shape index (κ2) is 67.4. The Labute approximate surface area is 491 Å².